The zero-order valence-electron chi connectivity index (χ0n) is 19.2. The maximum absolute atomic E-state index is 4.66. The minimum Gasteiger partial charge on any atom is -0.348 e. The highest BCUT2D eigenvalue weighted by molar-refractivity contribution is 5.46. The van der Waals surface area contributed by atoms with Crippen molar-refractivity contribution in [3.8, 4) is 0 Å². The van der Waals surface area contributed by atoms with Crippen molar-refractivity contribution in [1.82, 2.24) is 15.0 Å². The van der Waals surface area contributed by atoms with Crippen molar-refractivity contribution in [2.75, 3.05) is 16.0 Å². The second-order valence-electron chi connectivity index (χ2n) is 8.14. The molecule has 33 heavy (non-hydrogen) atoms. The predicted molar refractivity (Wildman–Crippen MR) is 135 cm³/mol. The summed E-state index contributed by atoms with van der Waals surface area (Å²) in [6.07, 6.45) is 0. The number of aromatic nitrogens is 3. The molecule has 0 spiro atoms. The van der Waals surface area contributed by atoms with Gasteiger partial charge in [-0.15, -0.1) is 0 Å². The number of anilines is 3. The lowest BCUT2D eigenvalue weighted by Crippen LogP contribution is -2.17. The summed E-state index contributed by atoms with van der Waals surface area (Å²) in [7, 11) is 0. The summed E-state index contributed by atoms with van der Waals surface area (Å²) in [6, 6.07) is 30.9. The number of nitrogens with one attached hydrogen (secondary N) is 3. The monoisotopic (exact) mass is 438 g/mol. The Morgan fingerprint density at radius 3 is 0.909 bits per heavy atom. The van der Waals surface area contributed by atoms with Crippen LogP contribution in [0.2, 0.25) is 0 Å². The third kappa shape index (κ3) is 6.07. The van der Waals surface area contributed by atoms with E-state index in [4.69, 9.17) is 0 Å². The molecule has 4 rings (SSSR count). The summed E-state index contributed by atoms with van der Waals surface area (Å²) in [4.78, 5) is 14.0. The first kappa shape index (κ1) is 22.3. The van der Waals surface area contributed by atoms with Crippen LogP contribution in [0.3, 0.4) is 0 Å². The highest BCUT2D eigenvalue weighted by Crippen LogP contribution is 2.23. The van der Waals surface area contributed by atoms with Crippen molar-refractivity contribution in [2.45, 2.75) is 38.9 Å². The lowest BCUT2D eigenvalue weighted by atomic mass is 10.1. The van der Waals surface area contributed by atoms with E-state index in [0.717, 1.165) is 16.7 Å². The van der Waals surface area contributed by atoms with E-state index in [1.807, 2.05) is 54.6 Å². The van der Waals surface area contributed by atoms with Gasteiger partial charge in [0, 0.05) is 0 Å². The highest BCUT2D eigenvalue weighted by Gasteiger charge is 2.15. The molecule has 3 N–H and O–H groups in total. The van der Waals surface area contributed by atoms with Crippen molar-refractivity contribution in [2.24, 2.45) is 0 Å². The van der Waals surface area contributed by atoms with Crippen LogP contribution in [0.15, 0.2) is 91.0 Å². The SMILES string of the molecule is CC(Nc1nc(NC(C)c2ccccc2)nc(NC(C)c2ccccc2)n1)c1ccccc1. The summed E-state index contributed by atoms with van der Waals surface area (Å²) < 4.78 is 0. The fraction of sp³-hybridized carbons (Fsp3) is 0.222. The van der Waals surface area contributed by atoms with Crippen LogP contribution in [0.1, 0.15) is 55.6 Å². The quantitative estimate of drug-likeness (QED) is 0.281. The van der Waals surface area contributed by atoms with Gasteiger partial charge in [0.2, 0.25) is 17.8 Å². The maximum Gasteiger partial charge on any atom is 0.229 e. The van der Waals surface area contributed by atoms with Crippen molar-refractivity contribution in [1.29, 1.82) is 0 Å². The first-order valence-electron chi connectivity index (χ1n) is 11.3. The molecule has 3 unspecified atom stereocenters. The van der Waals surface area contributed by atoms with Gasteiger partial charge in [-0.05, 0) is 37.5 Å². The highest BCUT2D eigenvalue weighted by atomic mass is 15.3. The molecule has 168 valence electrons. The van der Waals surface area contributed by atoms with E-state index in [2.05, 4.69) is 88.1 Å². The molecule has 0 saturated carbocycles. The average Bonchev–Trinajstić information content (AvgIpc) is 2.85. The number of nitrogens with zero attached hydrogens (tertiary/aromatic N) is 3. The van der Waals surface area contributed by atoms with Gasteiger partial charge in [0.1, 0.15) is 0 Å². The van der Waals surface area contributed by atoms with Gasteiger partial charge in [0.15, 0.2) is 0 Å². The zero-order chi connectivity index (χ0) is 23.0. The zero-order valence-corrected chi connectivity index (χ0v) is 19.2. The normalized spacial score (nSPS) is 13.5. The Balaban J connectivity index is 1.59. The lowest BCUT2D eigenvalue weighted by Gasteiger charge is -2.19. The summed E-state index contributed by atoms with van der Waals surface area (Å²) in [5.41, 5.74) is 3.49. The molecule has 3 atom stereocenters. The molecule has 0 aliphatic heterocycles. The van der Waals surface area contributed by atoms with Gasteiger partial charge in [0.05, 0.1) is 18.1 Å². The molecule has 6 heteroatoms. The van der Waals surface area contributed by atoms with Gasteiger partial charge in [0.25, 0.3) is 0 Å². The molecule has 0 aliphatic carbocycles. The van der Waals surface area contributed by atoms with Gasteiger partial charge in [-0.25, -0.2) is 0 Å². The fourth-order valence-electron chi connectivity index (χ4n) is 3.63. The van der Waals surface area contributed by atoms with Crippen molar-refractivity contribution >= 4 is 17.8 Å². The van der Waals surface area contributed by atoms with E-state index in [1.54, 1.807) is 0 Å². The number of hydrogen-bond donors (Lipinski definition) is 3. The van der Waals surface area contributed by atoms with Gasteiger partial charge >= 0.3 is 0 Å². The molecule has 0 aliphatic rings. The van der Waals surface area contributed by atoms with Crippen LogP contribution in [0.4, 0.5) is 17.8 Å². The second kappa shape index (κ2) is 10.6. The van der Waals surface area contributed by atoms with E-state index >= 15 is 0 Å². The third-order valence-electron chi connectivity index (χ3n) is 5.57. The molecule has 3 aromatic carbocycles. The van der Waals surface area contributed by atoms with Crippen LogP contribution in [-0.2, 0) is 0 Å². The first-order valence-corrected chi connectivity index (χ1v) is 11.3. The minimum atomic E-state index is 0.0485. The summed E-state index contributed by atoms with van der Waals surface area (Å²) >= 11 is 0. The molecule has 6 nitrogen and oxygen atoms in total. The van der Waals surface area contributed by atoms with Gasteiger partial charge < -0.3 is 16.0 Å². The van der Waals surface area contributed by atoms with Crippen LogP contribution in [0.5, 0.6) is 0 Å². The predicted octanol–water partition coefficient (Wildman–Crippen LogP) is 6.39. The Morgan fingerprint density at radius 2 is 0.667 bits per heavy atom. The van der Waals surface area contributed by atoms with Crippen LogP contribution in [0, 0.1) is 0 Å². The fourth-order valence-corrected chi connectivity index (χ4v) is 3.63. The number of hydrogen-bond acceptors (Lipinski definition) is 6. The largest absolute Gasteiger partial charge is 0.348 e. The Labute approximate surface area is 195 Å². The van der Waals surface area contributed by atoms with Crippen LogP contribution in [-0.4, -0.2) is 15.0 Å². The molecule has 0 radical (unpaired) electrons. The van der Waals surface area contributed by atoms with Crippen molar-refractivity contribution in [3.05, 3.63) is 108 Å². The third-order valence-corrected chi connectivity index (χ3v) is 5.57. The summed E-state index contributed by atoms with van der Waals surface area (Å²) in [6.45, 7) is 6.29. The molecular weight excluding hydrogens is 408 g/mol. The van der Waals surface area contributed by atoms with Crippen molar-refractivity contribution in [3.63, 3.8) is 0 Å². The smallest absolute Gasteiger partial charge is 0.229 e. The van der Waals surface area contributed by atoms with Gasteiger partial charge in [-0.1, -0.05) is 91.0 Å². The van der Waals surface area contributed by atoms with Gasteiger partial charge in [-0.2, -0.15) is 15.0 Å². The minimum absolute atomic E-state index is 0.0485. The molecule has 1 heterocycles. The summed E-state index contributed by atoms with van der Waals surface area (Å²) in [5, 5.41) is 10.3. The first-order chi connectivity index (χ1) is 16.1. The lowest BCUT2D eigenvalue weighted by molar-refractivity contribution is 0.816. The van der Waals surface area contributed by atoms with E-state index in [-0.39, 0.29) is 18.1 Å². The summed E-state index contributed by atoms with van der Waals surface area (Å²) in [5.74, 6) is 1.56. The van der Waals surface area contributed by atoms with Crippen LogP contribution >= 0.6 is 0 Å². The molecule has 0 fully saturated rings. The van der Waals surface area contributed by atoms with Crippen LogP contribution < -0.4 is 16.0 Å². The Kier molecular flexibility index (Phi) is 7.15. The maximum atomic E-state index is 4.66. The number of benzene rings is 3. The second-order valence-corrected chi connectivity index (χ2v) is 8.14. The van der Waals surface area contributed by atoms with E-state index < -0.39 is 0 Å². The molecule has 0 bridgehead atoms. The van der Waals surface area contributed by atoms with E-state index in [9.17, 15) is 0 Å². The Bertz CT molecular complexity index is 976. The molecule has 1 aromatic heterocycles. The average molecular weight is 439 g/mol. The van der Waals surface area contributed by atoms with Crippen LogP contribution in [0.25, 0.3) is 0 Å². The molecule has 4 aromatic rings. The number of rotatable bonds is 9. The Hall–Kier alpha value is -3.93. The topological polar surface area (TPSA) is 74.8 Å². The molecule has 0 saturated heterocycles. The molecule has 0 amide bonds. The van der Waals surface area contributed by atoms with Gasteiger partial charge in [-0.3, -0.25) is 0 Å². The van der Waals surface area contributed by atoms with E-state index in [1.165, 1.54) is 0 Å². The van der Waals surface area contributed by atoms with Crippen molar-refractivity contribution < 1.29 is 0 Å². The standard InChI is InChI=1S/C27H30N6/c1-19(22-13-7-4-8-14-22)28-25-31-26(29-20(2)23-15-9-5-10-16-23)33-27(32-25)30-21(3)24-17-11-6-12-18-24/h4-21H,1-3H3,(H3,28,29,30,31,32,33). The van der Waals surface area contributed by atoms with E-state index in [0.29, 0.717) is 17.8 Å². The molecular formula is C27H30N6. The Morgan fingerprint density at radius 1 is 0.424 bits per heavy atom.